The molecule has 2 rings (SSSR count). The van der Waals surface area contributed by atoms with E-state index in [4.69, 9.17) is 4.74 Å². The highest BCUT2D eigenvalue weighted by Gasteiger charge is 2.39. The number of aliphatic imine (C=N–C) groups is 1. The van der Waals surface area contributed by atoms with E-state index in [1.165, 1.54) is 25.9 Å². The van der Waals surface area contributed by atoms with E-state index in [-0.39, 0.29) is 5.54 Å². The van der Waals surface area contributed by atoms with Crippen molar-refractivity contribution < 1.29 is 4.74 Å². The van der Waals surface area contributed by atoms with Gasteiger partial charge in [0.2, 0.25) is 0 Å². The van der Waals surface area contributed by atoms with Crippen LogP contribution in [0.3, 0.4) is 0 Å². The predicted octanol–water partition coefficient (Wildman–Crippen LogP) is 2.10. The van der Waals surface area contributed by atoms with Crippen LogP contribution in [0.15, 0.2) is 17.6 Å². The fourth-order valence-electron chi connectivity index (χ4n) is 3.75. The highest BCUT2D eigenvalue weighted by atomic mass is 16.5. The zero-order valence-electron chi connectivity index (χ0n) is 15.0. The lowest BCUT2D eigenvalue weighted by Crippen LogP contribution is -2.58. The third-order valence-electron chi connectivity index (χ3n) is 5.25. The normalized spacial score (nSPS) is 22.1. The molecule has 0 radical (unpaired) electrons. The Hall–Kier alpha value is -1.07. The van der Waals surface area contributed by atoms with Gasteiger partial charge < -0.3 is 15.0 Å². The summed E-state index contributed by atoms with van der Waals surface area (Å²) in [5, 5.41) is 3.64. The van der Waals surface area contributed by atoms with Crippen LogP contribution in [0.25, 0.3) is 0 Å². The SMILES string of the molecule is C=CCCCN(C)C(=NC)NCC1(N2CCCC2)CCOCC1. The van der Waals surface area contributed by atoms with Gasteiger partial charge in [0.15, 0.2) is 5.96 Å². The number of hydrogen-bond donors (Lipinski definition) is 1. The van der Waals surface area contributed by atoms with Crippen LogP contribution in [0, 0.1) is 0 Å². The van der Waals surface area contributed by atoms with Gasteiger partial charge in [0, 0.05) is 45.9 Å². The average Bonchev–Trinajstić information content (AvgIpc) is 3.12. The van der Waals surface area contributed by atoms with E-state index >= 15 is 0 Å². The van der Waals surface area contributed by atoms with Gasteiger partial charge in [-0.15, -0.1) is 6.58 Å². The summed E-state index contributed by atoms with van der Waals surface area (Å²) in [6.07, 6.45) is 9.06. The lowest BCUT2D eigenvalue weighted by molar-refractivity contribution is -0.0166. The van der Waals surface area contributed by atoms with Gasteiger partial charge in [0.25, 0.3) is 0 Å². The summed E-state index contributed by atoms with van der Waals surface area (Å²) < 4.78 is 5.63. The fraction of sp³-hybridized carbons (Fsp3) is 0.833. The van der Waals surface area contributed by atoms with Gasteiger partial charge in [0.1, 0.15) is 0 Å². The summed E-state index contributed by atoms with van der Waals surface area (Å²) in [5.74, 6) is 0.999. The van der Waals surface area contributed by atoms with E-state index in [1.54, 1.807) is 0 Å². The van der Waals surface area contributed by atoms with Gasteiger partial charge in [0.05, 0.1) is 0 Å². The number of allylic oxidation sites excluding steroid dienone is 1. The molecule has 0 unspecified atom stereocenters. The van der Waals surface area contributed by atoms with Crippen LogP contribution in [0.5, 0.6) is 0 Å². The highest BCUT2D eigenvalue weighted by molar-refractivity contribution is 5.79. The maximum absolute atomic E-state index is 5.63. The molecule has 2 heterocycles. The summed E-state index contributed by atoms with van der Waals surface area (Å²) in [6, 6.07) is 0. The van der Waals surface area contributed by atoms with Crippen LogP contribution in [-0.4, -0.2) is 74.8 Å². The fourth-order valence-corrected chi connectivity index (χ4v) is 3.75. The Kier molecular flexibility index (Phi) is 7.37. The van der Waals surface area contributed by atoms with Crippen molar-refractivity contribution in [3.63, 3.8) is 0 Å². The second-order valence-corrected chi connectivity index (χ2v) is 6.78. The molecule has 0 aromatic heterocycles. The lowest BCUT2D eigenvalue weighted by atomic mass is 9.88. The van der Waals surface area contributed by atoms with E-state index in [9.17, 15) is 0 Å². The van der Waals surface area contributed by atoms with Crippen molar-refractivity contribution in [3.05, 3.63) is 12.7 Å². The minimum atomic E-state index is 0.243. The van der Waals surface area contributed by atoms with Crippen LogP contribution in [0.2, 0.25) is 0 Å². The second kappa shape index (κ2) is 9.28. The van der Waals surface area contributed by atoms with Crippen LogP contribution in [0.4, 0.5) is 0 Å². The van der Waals surface area contributed by atoms with Crippen molar-refractivity contribution in [1.82, 2.24) is 15.1 Å². The number of unbranched alkanes of at least 4 members (excludes halogenated alkanes) is 1. The highest BCUT2D eigenvalue weighted by Crippen LogP contribution is 2.30. The molecule has 2 aliphatic heterocycles. The molecular formula is C18H34N4O. The minimum absolute atomic E-state index is 0.243. The molecular weight excluding hydrogens is 288 g/mol. The molecule has 0 spiro atoms. The van der Waals surface area contributed by atoms with Crippen LogP contribution in [-0.2, 0) is 4.74 Å². The summed E-state index contributed by atoms with van der Waals surface area (Å²) in [7, 11) is 3.99. The Morgan fingerprint density at radius 3 is 2.65 bits per heavy atom. The van der Waals surface area contributed by atoms with E-state index in [0.717, 1.165) is 57.9 Å². The molecule has 0 aromatic rings. The number of guanidine groups is 1. The molecule has 1 N–H and O–H groups in total. The number of ether oxygens (including phenoxy) is 1. The molecule has 2 fully saturated rings. The van der Waals surface area contributed by atoms with Gasteiger partial charge in [-0.05, 0) is 51.6 Å². The number of nitrogens with one attached hydrogen (secondary N) is 1. The van der Waals surface area contributed by atoms with Crippen molar-refractivity contribution in [1.29, 1.82) is 0 Å². The van der Waals surface area contributed by atoms with Gasteiger partial charge in [-0.25, -0.2) is 0 Å². The summed E-state index contributed by atoms with van der Waals surface area (Å²) in [5.41, 5.74) is 0.243. The van der Waals surface area contributed by atoms with E-state index in [0.29, 0.717) is 0 Å². The van der Waals surface area contributed by atoms with Gasteiger partial charge in [-0.1, -0.05) is 6.08 Å². The predicted molar refractivity (Wildman–Crippen MR) is 97.0 cm³/mol. The van der Waals surface area contributed by atoms with E-state index in [2.05, 4.69) is 33.7 Å². The molecule has 5 nitrogen and oxygen atoms in total. The third-order valence-corrected chi connectivity index (χ3v) is 5.25. The molecule has 23 heavy (non-hydrogen) atoms. The van der Waals surface area contributed by atoms with Crippen molar-refractivity contribution in [2.24, 2.45) is 4.99 Å². The van der Waals surface area contributed by atoms with Crippen molar-refractivity contribution in [2.75, 3.05) is 53.5 Å². The summed E-state index contributed by atoms with van der Waals surface area (Å²) in [6.45, 7) is 9.99. The van der Waals surface area contributed by atoms with Crippen molar-refractivity contribution in [2.45, 2.75) is 44.1 Å². The molecule has 5 heteroatoms. The second-order valence-electron chi connectivity index (χ2n) is 6.78. The first-order valence-electron chi connectivity index (χ1n) is 9.07. The molecule has 0 atom stereocenters. The summed E-state index contributed by atoms with van der Waals surface area (Å²) in [4.78, 5) is 9.38. The van der Waals surface area contributed by atoms with Crippen LogP contribution in [0.1, 0.15) is 38.5 Å². The topological polar surface area (TPSA) is 40.1 Å². The minimum Gasteiger partial charge on any atom is -0.381 e. The molecule has 0 saturated carbocycles. The maximum atomic E-state index is 5.63. The molecule has 0 aliphatic carbocycles. The zero-order valence-corrected chi connectivity index (χ0v) is 15.0. The van der Waals surface area contributed by atoms with Gasteiger partial charge in [-0.2, -0.15) is 0 Å². The lowest BCUT2D eigenvalue weighted by Gasteiger charge is -2.45. The standard InChI is InChI=1S/C18H34N4O/c1-4-5-6-11-21(3)17(19-2)20-16-18(9-14-23-15-10-18)22-12-7-8-13-22/h4H,1,5-16H2,2-3H3,(H,19,20). The number of likely N-dealkylation sites (tertiary alicyclic amines) is 1. The molecule has 132 valence electrons. The zero-order chi connectivity index (χ0) is 16.5. The number of nitrogens with zero attached hydrogens (tertiary/aromatic N) is 3. The quantitative estimate of drug-likeness (QED) is 0.337. The molecule has 0 aromatic carbocycles. The maximum Gasteiger partial charge on any atom is 0.193 e. The van der Waals surface area contributed by atoms with E-state index in [1.807, 2.05) is 13.1 Å². The first-order chi connectivity index (χ1) is 11.2. The Balaban J connectivity index is 1.92. The molecule has 2 aliphatic rings. The van der Waals surface area contributed by atoms with Gasteiger partial charge >= 0.3 is 0 Å². The van der Waals surface area contributed by atoms with Crippen molar-refractivity contribution >= 4 is 5.96 Å². The van der Waals surface area contributed by atoms with Gasteiger partial charge in [-0.3, -0.25) is 9.89 Å². The Labute approximate surface area is 141 Å². The largest absolute Gasteiger partial charge is 0.381 e. The Bertz CT molecular complexity index is 384. The molecule has 0 bridgehead atoms. The van der Waals surface area contributed by atoms with Crippen molar-refractivity contribution in [3.8, 4) is 0 Å². The molecule has 0 amide bonds. The first kappa shape index (κ1) is 18.3. The monoisotopic (exact) mass is 322 g/mol. The average molecular weight is 322 g/mol. The third kappa shape index (κ3) is 4.95. The summed E-state index contributed by atoms with van der Waals surface area (Å²) >= 11 is 0. The van der Waals surface area contributed by atoms with Crippen LogP contribution >= 0.6 is 0 Å². The van der Waals surface area contributed by atoms with Crippen LogP contribution < -0.4 is 5.32 Å². The number of hydrogen-bond acceptors (Lipinski definition) is 3. The Morgan fingerprint density at radius 1 is 1.35 bits per heavy atom. The first-order valence-corrected chi connectivity index (χ1v) is 9.07. The Morgan fingerprint density at radius 2 is 2.04 bits per heavy atom. The number of rotatable bonds is 7. The molecule has 2 saturated heterocycles. The van der Waals surface area contributed by atoms with E-state index < -0.39 is 0 Å². The smallest absolute Gasteiger partial charge is 0.193 e.